The van der Waals surface area contributed by atoms with Gasteiger partial charge in [-0.1, -0.05) is 40.0 Å². The van der Waals surface area contributed by atoms with E-state index in [1.54, 1.807) is 0 Å². The fourth-order valence-electron chi connectivity index (χ4n) is 1.79. The van der Waals surface area contributed by atoms with Crippen molar-refractivity contribution in [3.63, 3.8) is 0 Å². The zero-order chi connectivity index (χ0) is 11.9. The van der Waals surface area contributed by atoms with E-state index in [9.17, 15) is 8.42 Å². The topological polar surface area (TPSA) is 34.1 Å². The summed E-state index contributed by atoms with van der Waals surface area (Å²) in [4.78, 5) is 0. The van der Waals surface area contributed by atoms with Crippen LogP contribution >= 0.6 is 0 Å². The Balaban J connectivity index is 4.58. The number of hydrogen-bond donors (Lipinski definition) is 0. The van der Waals surface area contributed by atoms with Crippen LogP contribution in [0.1, 0.15) is 66.2 Å². The van der Waals surface area contributed by atoms with Crippen LogP contribution in [0, 0.1) is 0 Å². The summed E-state index contributed by atoms with van der Waals surface area (Å²) in [5, 5.41) is -0.275. The molecule has 0 aromatic rings. The van der Waals surface area contributed by atoms with Crippen LogP contribution in [0.25, 0.3) is 0 Å². The standard InChI is InChI=1S/C12H26O2S/c1-5-8-10-12(9-6-2)15(13,14)11(4)7-3/h11-12H,5-10H2,1-4H3. The third-order valence-corrected chi connectivity index (χ3v) is 5.95. The summed E-state index contributed by atoms with van der Waals surface area (Å²) < 4.78 is 24.3. The molecule has 0 fully saturated rings. The Morgan fingerprint density at radius 2 is 1.60 bits per heavy atom. The highest BCUT2D eigenvalue weighted by molar-refractivity contribution is 7.92. The molecule has 2 nitrogen and oxygen atoms in total. The summed E-state index contributed by atoms with van der Waals surface area (Å²) in [7, 11) is -2.89. The third kappa shape index (κ3) is 4.54. The lowest BCUT2D eigenvalue weighted by Gasteiger charge is -2.20. The second-order valence-electron chi connectivity index (χ2n) is 4.36. The van der Waals surface area contributed by atoms with Gasteiger partial charge in [0.1, 0.15) is 0 Å². The van der Waals surface area contributed by atoms with Gasteiger partial charge in [-0.3, -0.25) is 0 Å². The molecule has 0 amide bonds. The van der Waals surface area contributed by atoms with E-state index in [1.165, 1.54) is 0 Å². The van der Waals surface area contributed by atoms with Crippen molar-refractivity contribution in [2.24, 2.45) is 0 Å². The van der Waals surface area contributed by atoms with Crippen molar-refractivity contribution in [2.75, 3.05) is 0 Å². The van der Waals surface area contributed by atoms with Crippen LogP contribution in [0.3, 0.4) is 0 Å². The van der Waals surface area contributed by atoms with Gasteiger partial charge in [0, 0.05) is 0 Å². The van der Waals surface area contributed by atoms with E-state index in [1.807, 2.05) is 13.8 Å². The van der Waals surface area contributed by atoms with Gasteiger partial charge in [-0.25, -0.2) is 8.42 Å². The summed E-state index contributed by atoms with van der Waals surface area (Å²) >= 11 is 0. The van der Waals surface area contributed by atoms with E-state index in [0.717, 1.165) is 38.5 Å². The molecule has 3 heteroatoms. The van der Waals surface area contributed by atoms with Crippen molar-refractivity contribution in [2.45, 2.75) is 76.7 Å². The lowest BCUT2D eigenvalue weighted by atomic mass is 10.1. The zero-order valence-corrected chi connectivity index (χ0v) is 11.4. The van der Waals surface area contributed by atoms with Crippen LogP contribution in [0.15, 0.2) is 0 Å². The van der Waals surface area contributed by atoms with Gasteiger partial charge in [0.2, 0.25) is 0 Å². The maximum Gasteiger partial charge on any atom is 0.155 e. The predicted octanol–water partition coefficient (Wildman–Crippen LogP) is 3.56. The van der Waals surface area contributed by atoms with Crippen LogP contribution in [0.4, 0.5) is 0 Å². The number of rotatable bonds is 8. The molecule has 0 aliphatic carbocycles. The zero-order valence-electron chi connectivity index (χ0n) is 10.6. The molecule has 0 bridgehead atoms. The van der Waals surface area contributed by atoms with E-state index < -0.39 is 9.84 Å². The van der Waals surface area contributed by atoms with Gasteiger partial charge >= 0.3 is 0 Å². The molecule has 0 aromatic heterocycles. The van der Waals surface area contributed by atoms with Gasteiger partial charge in [-0.2, -0.15) is 0 Å². The molecule has 0 aliphatic rings. The Hall–Kier alpha value is -0.0500. The van der Waals surface area contributed by atoms with Gasteiger partial charge in [0.15, 0.2) is 9.84 Å². The van der Waals surface area contributed by atoms with Crippen LogP contribution in [0.2, 0.25) is 0 Å². The summed E-state index contributed by atoms with van der Waals surface area (Å²) in [5.41, 5.74) is 0. The minimum absolute atomic E-state index is 0.0996. The molecule has 0 saturated heterocycles. The van der Waals surface area contributed by atoms with Crippen LogP contribution in [-0.2, 0) is 9.84 Å². The maximum atomic E-state index is 12.2. The molecular weight excluding hydrogens is 208 g/mol. The van der Waals surface area contributed by atoms with Crippen molar-refractivity contribution < 1.29 is 8.42 Å². The molecule has 0 aliphatic heterocycles. The van der Waals surface area contributed by atoms with E-state index in [2.05, 4.69) is 13.8 Å². The fraction of sp³-hybridized carbons (Fsp3) is 1.00. The van der Waals surface area contributed by atoms with E-state index >= 15 is 0 Å². The van der Waals surface area contributed by atoms with Gasteiger partial charge in [0.05, 0.1) is 10.5 Å². The first-order valence-electron chi connectivity index (χ1n) is 6.23. The fourth-order valence-corrected chi connectivity index (χ4v) is 3.97. The van der Waals surface area contributed by atoms with Crippen molar-refractivity contribution in [3.05, 3.63) is 0 Å². The van der Waals surface area contributed by atoms with Gasteiger partial charge in [-0.05, 0) is 26.2 Å². The second-order valence-corrected chi connectivity index (χ2v) is 7.01. The van der Waals surface area contributed by atoms with E-state index in [-0.39, 0.29) is 10.5 Å². The molecule has 2 unspecified atom stereocenters. The Kier molecular flexibility index (Phi) is 7.24. The molecule has 0 radical (unpaired) electrons. The van der Waals surface area contributed by atoms with Crippen LogP contribution < -0.4 is 0 Å². The number of unbranched alkanes of at least 4 members (excludes halogenated alkanes) is 1. The van der Waals surface area contributed by atoms with Crippen molar-refractivity contribution in [1.29, 1.82) is 0 Å². The minimum Gasteiger partial charge on any atom is -0.228 e. The van der Waals surface area contributed by atoms with Gasteiger partial charge in [0.25, 0.3) is 0 Å². The van der Waals surface area contributed by atoms with Crippen molar-refractivity contribution >= 4 is 9.84 Å². The smallest absolute Gasteiger partial charge is 0.155 e. The van der Waals surface area contributed by atoms with Crippen molar-refractivity contribution in [1.82, 2.24) is 0 Å². The predicted molar refractivity (Wildman–Crippen MR) is 66.9 cm³/mol. The first kappa shape index (κ1) is 14.9. The second kappa shape index (κ2) is 7.26. The molecule has 0 saturated carbocycles. The SMILES string of the molecule is CCCCC(CCC)S(=O)(=O)C(C)CC. The molecule has 0 heterocycles. The first-order valence-corrected chi connectivity index (χ1v) is 7.84. The van der Waals surface area contributed by atoms with Crippen molar-refractivity contribution in [3.8, 4) is 0 Å². The molecule has 0 rings (SSSR count). The lowest BCUT2D eigenvalue weighted by Crippen LogP contribution is -2.30. The van der Waals surface area contributed by atoms with E-state index in [0.29, 0.717) is 0 Å². The Morgan fingerprint density at radius 1 is 1.00 bits per heavy atom. The minimum atomic E-state index is -2.89. The average molecular weight is 234 g/mol. The molecule has 0 N–H and O–H groups in total. The molecule has 0 aromatic carbocycles. The maximum absolute atomic E-state index is 12.2. The Morgan fingerprint density at radius 3 is 2.00 bits per heavy atom. The van der Waals surface area contributed by atoms with E-state index in [4.69, 9.17) is 0 Å². The Bertz CT molecular complexity index is 244. The molecular formula is C12H26O2S. The summed E-state index contributed by atoms with van der Waals surface area (Å²) in [6, 6.07) is 0. The number of hydrogen-bond acceptors (Lipinski definition) is 2. The highest BCUT2D eigenvalue weighted by Gasteiger charge is 2.28. The molecule has 15 heavy (non-hydrogen) atoms. The largest absolute Gasteiger partial charge is 0.228 e. The summed E-state index contributed by atoms with van der Waals surface area (Å²) in [6.45, 7) is 7.96. The highest BCUT2D eigenvalue weighted by Crippen LogP contribution is 2.21. The summed E-state index contributed by atoms with van der Waals surface area (Å²) in [5.74, 6) is 0. The van der Waals surface area contributed by atoms with Gasteiger partial charge < -0.3 is 0 Å². The molecule has 92 valence electrons. The molecule has 0 spiro atoms. The average Bonchev–Trinajstić information content (AvgIpc) is 2.22. The molecule has 2 atom stereocenters. The number of sulfone groups is 1. The summed E-state index contributed by atoms with van der Waals surface area (Å²) in [6.07, 6.45) is 5.47. The first-order chi connectivity index (χ1) is 7.00. The Labute approximate surface area is 95.4 Å². The van der Waals surface area contributed by atoms with Gasteiger partial charge in [-0.15, -0.1) is 0 Å². The van der Waals surface area contributed by atoms with Crippen LogP contribution in [0.5, 0.6) is 0 Å². The lowest BCUT2D eigenvalue weighted by molar-refractivity contribution is 0.535. The highest BCUT2D eigenvalue weighted by atomic mass is 32.2. The monoisotopic (exact) mass is 234 g/mol. The van der Waals surface area contributed by atoms with Crippen LogP contribution in [-0.4, -0.2) is 18.9 Å². The normalized spacial score (nSPS) is 16.3. The quantitative estimate of drug-likeness (QED) is 0.643. The third-order valence-electron chi connectivity index (χ3n) is 3.09.